The molecule has 1 aliphatic carbocycles. The fourth-order valence-electron chi connectivity index (χ4n) is 2.97. The predicted octanol–water partition coefficient (Wildman–Crippen LogP) is 4.29. The molecule has 1 saturated carbocycles. The highest BCUT2D eigenvalue weighted by atomic mass is 16.1. The Morgan fingerprint density at radius 1 is 1.00 bits per heavy atom. The van der Waals surface area contributed by atoms with E-state index in [2.05, 4.69) is 17.1 Å². The molecule has 1 aromatic carbocycles. The van der Waals surface area contributed by atoms with Crippen molar-refractivity contribution in [3.05, 3.63) is 59.4 Å². The number of benzene rings is 1. The molecule has 19 heavy (non-hydrogen) atoms. The van der Waals surface area contributed by atoms with Gasteiger partial charge < -0.3 is 4.98 Å². The molecule has 0 bridgehead atoms. The van der Waals surface area contributed by atoms with Crippen LogP contribution in [0.5, 0.6) is 0 Å². The van der Waals surface area contributed by atoms with Crippen LogP contribution in [0.15, 0.2) is 42.6 Å². The summed E-state index contributed by atoms with van der Waals surface area (Å²) in [5, 5.41) is 0. The molecule has 0 aliphatic heterocycles. The van der Waals surface area contributed by atoms with Gasteiger partial charge in [0.2, 0.25) is 5.78 Å². The molecule has 2 heteroatoms. The lowest BCUT2D eigenvalue weighted by Gasteiger charge is -2.21. The van der Waals surface area contributed by atoms with Gasteiger partial charge in [-0.2, -0.15) is 0 Å². The largest absolute Gasteiger partial charge is 0.359 e. The van der Waals surface area contributed by atoms with E-state index in [4.69, 9.17) is 0 Å². The van der Waals surface area contributed by atoms with Gasteiger partial charge in [-0.05, 0) is 36.5 Å². The molecule has 98 valence electrons. The van der Waals surface area contributed by atoms with Crippen LogP contribution < -0.4 is 0 Å². The third-order valence-electron chi connectivity index (χ3n) is 4.09. The fraction of sp³-hybridized carbons (Fsp3) is 0.353. The van der Waals surface area contributed by atoms with Crippen LogP contribution in [0.2, 0.25) is 0 Å². The topological polar surface area (TPSA) is 32.9 Å². The number of ketones is 1. The average Bonchev–Trinajstić information content (AvgIpc) is 3.02. The monoisotopic (exact) mass is 253 g/mol. The number of aromatic nitrogens is 1. The summed E-state index contributed by atoms with van der Waals surface area (Å²) in [6.07, 6.45) is 8.43. The molecule has 0 atom stereocenters. The number of hydrogen-bond donors (Lipinski definition) is 1. The first kappa shape index (κ1) is 12.2. The van der Waals surface area contributed by atoms with Crippen molar-refractivity contribution in [3.63, 3.8) is 0 Å². The Kier molecular flexibility index (Phi) is 3.49. The first-order chi connectivity index (χ1) is 9.34. The minimum absolute atomic E-state index is 0.0696. The van der Waals surface area contributed by atoms with Gasteiger partial charge in [0.15, 0.2) is 0 Å². The van der Waals surface area contributed by atoms with E-state index in [0.717, 1.165) is 5.56 Å². The van der Waals surface area contributed by atoms with Crippen molar-refractivity contribution in [1.29, 1.82) is 0 Å². The summed E-state index contributed by atoms with van der Waals surface area (Å²) < 4.78 is 0. The Labute approximate surface area is 113 Å². The van der Waals surface area contributed by atoms with Gasteiger partial charge >= 0.3 is 0 Å². The van der Waals surface area contributed by atoms with Crippen molar-refractivity contribution < 1.29 is 4.79 Å². The Balaban J connectivity index is 1.77. The lowest BCUT2D eigenvalue weighted by Crippen LogP contribution is -2.06. The van der Waals surface area contributed by atoms with Crippen molar-refractivity contribution in [1.82, 2.24) is 4.98 Å². The van der Waals surface area contributed by atoms with Crippen molar-refractivity contribution in [2.75, 3.05) is 0 Å². The van der Waals surface area contributed by atoms with Crippen LogP contribution in [0.25, 0.3) is 0 Å². The molecule has 2 nitrogen and oxygen atoms in total. The van der Waals surface area contributed by atoms with Gasteiger partial charge in [0.05, 0.1) is 5.69 Å². The van der Waals surface area contributed by atoms with E-state index in [1.165, 1.54) is 37.7 Å². The summed E-state index contributed by atoms with van der Waals surface area (Å²) >= 11 is 0. The zero-order chi connectivity index (χ0) is 13.1. The molecule has 0 radical (unpaired) electrons. The summed E-state index contributed by atoms with van der Waals surface area (Å²) in [5.41, 5.74) is 2.81. The first-order valence-corrected chi connectivity index (χ1v) is 7.12. The van der Waals surface area contributed by atoms with Gasteiger partial charge in [0, 0.05) is 11.8 Å². The number of carbonyl (C=O) groups excluding carboxylic acids is 1. The lowest BCUT2D eigenvalue weighted by atomic mass is 9.84. The summed E-state index contributed by atoms with van der Waals surface area (Å²) in [4.78, 5) is 15.1. The maximum atomic E-state index is 12.2. The second-order valence-electron chi connectivity index (χ2n) is 5.37. The van der Waals surface area contributed by atoms with Crippen LogP contribution in [0.4, 0.5) is 0 Å². The summed E-state index contributed by atoms with van der Waals surface area (Å²) in [5.74, 6) is 0.767. The van der Waals surface area contributed by atoms with Crippen molar-refractivity contribution >= 4 is 5.78 Å². The highest BCUT2D eigenvalue weighted by molar-refractivity contribution is 6.07. The third kappa shape index (κ3) is 2.62. The van der Waals surface area contributed by atoms with Crippen molar-refractivity contribution in [2.24, 2.45) is 0 Å². The number of aromatic amines is 1. The quantitative estimate of drug-likeness (QED) is 0.813. The Morgan fingerprint density at radius 3 is 2.37 bits per heavy atom. The second-order valence-corrected chi connectivity index (χ2v) is 5.37. The summed E-state index contributed by atoms with van der Waals surface area (Å²) in [6.45, 7) is 0. The summed E-state index contributed by atoms with van der Waals surface area (Å²) in [7, 11) is 0. The number of carbonyl (C=O) groups is 1. The molecule has 3 rings (SSSR count). The number of nitrogens with one attached hydrogen (secondary N) is 1. The van der Waals surface area contributed by atoms with E-state index >= 15 is 0 Å². The Hall–Kier alpha value is -1.83. The van der Waals surface area contributed by atoms with E-state index in [-0.39, 0.29) is 5.78 Å². The summed E-state index contributed by atoms with van der Waals surface area (Å²) in [6, 6.07) is 11.9. The van der Waals surface area contributed by atoms with Gasteiger partial charge in [-0.3, -0.25) is 4.79 Å². The van der Waals surface area contributed by atoms with E-state index in [9.17, 15) is 4.79 Å². The van der Waals surface area contributed by atoms with E-state index < -0.39 is 0 Å². The molecule has 2 aromatic rings. The molecule has 0 amide bonds. The SMILES string of the molecule is O=C(c1ccc(C2CCCCC2)cc1)c1ccc[nH]1. The molecule has 1 N–H and O–H groups in total. The standard InChI is InChI=1S/C17H19NO/c19-17(16-7-4-12-18-16)15-10-8-14(9-11-15)13-5-2-1-3-6-13/h4,7-13,18H,1-3,5-6H2. The molecule has 1 aromatic heterocycles. The van der Waals surface area contributed by atoms with Crippen LogP contribution in [0.3, 0.4) is 0 Å². The van der Waals surface area contributed by atoms with E-state index in [1.54, 1.807) is 6.20 Å². The molecular weight excluding hydrogens is 234 g/mol. The van der Waals surface area contributed by atoms with Gasteiger partial charge in [0.1, 0.15) is 0 Å². The zero-order valence-electron chi connectivity index (χ0n) is 11.1. The first-order valence-electron chi connectivity index (χ1n) is 7.12. The number of hydrogen-bond acceptors (Lipinski definition) is 1. The lowest BCUT2D eigenvalue weighted by molar-refractivity contribution is 0.103. The molecule has 1 fully saturated rings. The third-order valence-corrected chi connectivity index (χ3v) is 4.09. The Morgan fingerprint density at radius 2 is 1.74 bits per heavy atom. The molecule has 1 heterocycles. The minimum Gasteiger partial charge on any atom is -0.359 e. The second kappa shape index (κ2) is 5.43. The average molecular weight is 253 g/mol. The van der Waals surface area contributed by atoms with Crippen LogP contribution in [0.1, 0.15) is 59.6 Å². The molecule has 0 unspecified atom stereocenters. The van der Waals surface area contributed by atoms with Gasteiger partial charge in [-0.15, -0.1) is 0 Å². The van der Waals surface area contributed by atoms with Crippen molar-refractivity contribution in [3.8, 4) is 0 Å². The predicted molar refractivity (Wildman–Crippen MR) is 76.5 cm³/mol. The fourth-order valence-corrected chi connectivity index (χ4v) is 2.97. The number of H-pyrrole nitrogens is 1. The number of rotatable bonds is 3. The smallest absolute Gasteiger partial charge is 0.209 e. The van der Waals surface area contributed by atoms with Crippen LogP contribution in [0, 0.1) is 0 Å². The van der Waals surface area contributed by atoms with Gasteiger partial charge in [0.25, 0.3) is 0 Å². The maximum Gasteiger partial charge on any atom is 0.209 e. The van der Waals surface area contributed by atoms with Crippen LogP contribution in [-0.4, -0.2) is 10.8 Å². The maximum absolute atomic E-state index is 12.2. The molecular formula is C17H19NO. The van der Waals surface area contributed by atoms with E-state index in [1.807, 2.05) is 24.3 Å². The highest BCUT2D eigenvalue weighted by Gasteiger charge is 2.16. The van der Waals surface area contributed by atoms with Gasteiger partial charge in [-0.1, -0.05) is 43.5 Å². The Bertz CT molecular complexity index is 533. The highest BCUT2D eigenvalue weighted by Crippen LogP contribution is 2.32. The van der Waals surface area contributed by atoms with Crippen LogP contribution >= 0.6 is 0 Å². The van der Waals surface area contributed by atoms with Crippen LogP contribution in [-0.2, 0) is 0 Å². The van der Waals surface area contributed by atoms with E-state index in [0.29, 0.717) is 11.6 Å². The molecule has 0 saturated heterocycles. The normalized spacial score (nSPS) is 16.4. The van der Waals surface area contributed by atoms with Gasteiger partial charge in [-0.25, -0.2) is 0 Å². The van der Waals surface area contributed by atoms with Crippen molar-refractivity contribution in [2.45, 2.75) is 38.0 Å². The molecule has 1 aliphatic rings. The zero-order valence-corrected chi connectivity index (χ0v) is 11.1. The minimum atomic E-state index is 0.0696. The molecule has 0 spiro atoms.